The highest BCUT2D eigenvalue weighted by atomic mass is 35.7. The Bertz CT molecular complexity index is 851. The molecule has 0 aliphatic rings. The van der Waals surface area contributed by atoms with Gasteiger partial charge in [0, 0.05) is 19.3 Å². The van der Waals surface area contributed by atoms with E-state index in [1.165, 1.54) is 25.3 Å². The maximum Gasteiger partial charge on any atom is 0.389 e. The summed E-state index contributed by atoms with van der Waals surface area (Å²) in [6.45, 7) is 14.5. The smallest absolute Gasteiger partial charge is 0.389 e. The number of rotatable bonds is 19. The van der Waals surface area contributed by atoms with Gasteiger partial charge in [-0.05, 0) is 76.0 Å². The Morgan fingerprint density at radius 1 is 0.595 bits per heavy atom. The molecule has 0 saturated heterocycles. The molecule has 0 fully saturated rings. The van der Waals surface area contributed by atoms with E-state index in [9.17, 15) is 39.5 Å². The summed E-state index contributed by atoms with van der Waals surface area (Å²) in [6.07, 6.45) is -17.4. The third-order valence-electron chi connectivity index (χ3n) is 5.89. The van der Waals surface area contributed by atoms with Crippen molar-refractivity contribution in [2.24, 2.45) is 0 Å². The van der Waals surface area contributed by atoms with Crippen molar-refractivity contribution in [2.75, 3.05) is 0 Å². The van der Waals surface area contributed by atoms with E-state index >= 15 is 0 Å². The SMILES string of the molecule is C=C[Si](C)(CCC[Si](Cl)Cl)O[Si](C)(CCC(F)(F)F)O[Si](C)(CCC(F)(F)F)O[Si](C)(CCC(F)(F)F)O[Si](C)(C)C. The maximum atomic E-state index is 13.4. The van der Waals surface area contributed by atoms with E-state index in [1.807, 2.05) is 0 Å². The Kier molecular flexibility index (Phi) is 16.4. The van der Waals surface area contributed by atoms with E-state index in [0.29, 0.717) is 18.5 Å². The molecule has 0 saturated carbocycles. The molecule has 1 radical (unpaired) electrons. The summed E-state index contributed by atoms with van der Waals surface area (Å²) in [5.74, 6) is 0. The number of halogens is 11. The van der Waals surface area contributed by atoms with Gasteiger partial charge in [-0.3, -0.25) is 0 Å². The summed E-state index contributed by atoms with van der Waals surface area (Å²) in [7, 11) is -19.3. The van der Waals surface area contributed by atoms with Gasteiger partial charge < -0.3 is 16.5 Å². The fourth-order valence-corrected chi connectivity index (χ4v) is 30.4. The molecule has 0 spiro atoms. The topological polar surface area (TPSA) is 36.9 Å². The van der Waals surface area contributed by atoms with Crippen LogP contribution in [0.25, 0.3) is 0 Å². The lowest BCUT2D eigenvalue weighted by atomic mass is 10.5. The van der Waals surface area contributed by atoms with Gasteiger partial charge in [-0.1, -0.05) is 12.1 Å². The van der Waals surface area contributed by atoms with Crippen molar-refractivity contribution in [3.8, 4) is 0 Å². The average Bonchev–Trinajstić information content (AvgIpc) is 2.72. The normalized spacial score (nSPS) is 19.6. The molecule has 0 aromatic rings. The summed E-state index contributed by atoms with van der Waals surface area (Å²) in [4.78, 5) is 0. The highest BCUT2D eigenvalue weighted by Gasteiger charge is 2.53. The zero-order chi connectivity index (χ0) is 33.5. The van der Waals surface area contributed by atoms with Crippen LogP contribution in [0.2, 0.25) is 76.0 Å². The second-order valence-electron chi connectivity index (χ2n) is 12.0. The van der Waals surface area contributed by atoms with Crippen LogP contribution in [0, 0.1) is 0 Å². The van der Waals surface area contributed by atoms with E-state index in [-0.39, 0.29) is 0 Å². The summed E-state index contributed by atoms with van der Waals surface area (Å²) in [5.41, 5.74) is 1.51. The van der Waals surface area contributed by atoms with Crippen LogP contribution in [0.15, 0.2) is 12.3 Å². The number of alkyl halides is 9. The van der Waals surface area contributed by atoms with Crippen molar-refractivity contribution >= 4 is 71.9 Å². The summed E-state index contributed by atoms with van der Waals surface area (Å²) >= 11 is 11.8. The Hall–Kier alpha value is 0.831. The van der Waals surface area contributed by atoms with Crippen molar-refractivity contribution < 1.29 is 56.0 Å². The molecule has 42 heavy (non-hydrogen) atoms. The molecule has 0 aromatic heterocycles. The molecule has 21 heteroatoms. The predicted molar refractivity (Wildman–Crippen MR) is 162 cm³/mol. The fourth-order valence-electron chi connectivity index (χ4n) is 4.30. The van der Waals surface area contributed by atoms with Crippen LogP contribution in [0.5, 0.6) is 0 Å². The molecule has 0 N–H and O–H groups in total. The maximum absolute atomic E-state index is 13.4. The van der Waals surface area contributed by atoms with E-state index in [1.54, 1.807) is 26.2 Å². The first-order chi connectivity index (χ1) is 18.4. The first kappa shape index (κ1) is 42.8. The van der Waals surface area contributed by atoms with Gasteiger partial charge >= 0.3 is 44.2 Å². The Morgan fingerprint density at radius 3 is 1.21 bits per heavy atom. The van der Waals surface area contributed by atoms with Gasteiger partial charge in [0.25, 0.3) is 7.42 Å². The molecule has 4 atom stereocenters. The molecule has 0 heterocycles. The van der Waals surface area contributed by atoms with Gasteiger partial charge in [0.1, 0.15) is 0 Å². The van der Waals surface area contributed by atoms with Crippen LogP contribution in [-0.2, 0) is 16.5 Å². The van der Waals surface area contributed by atoms with Gasteiger partial charge in [-0.15, -0.1) is 28.7 Å². The predicted octanol–water partition coefficient (Wildman–Crippen LogP) is 10.6. The molecular formula is C21H42Cl2F9O4Si6. The second kappa shape index (κ2) is 16.1. The lowest BCUT2D eigenvalue weighted by Crippen LogP contribution is -2.61. The molecule has 4 unspecified atom stereocenters. The second-order valence-corrected chi connectivity index (χ2v) is 35.8. The zero-order valence-corrected chi connectivity index (χ0v) is 32.5. The number of hydrogen-bond donors (Lipinski definition) is 0. The van der Waals surface area contributed by atoms with Crippen LogP contribution < -0.4 is 0 Å². The largest absolute Gasteiger partial charge is 0.437 e. The van der Waals surface area contributed by atoms with Crippen LogP contribution in [-0.4, -0.2) is 68.3 Å². The van der Waals surface area contributed by atoms with E-state index in [2.05, 4.69) is 6.58 Å². The minimum absolute atomic E-state index is 0.376. The van der Waals surface area contributed by atoms with Gasteiger partial charge in [0.2, 0.25) is 8.32 Å². The standard InChI is InChI=1S/C21H42Cl2F9O4Si6/c1-9-39(5,15-10-14-37(22)23)34-41(7,17-12-20(27,28)29)36-42(8,18-13-21(30,31)32)35-40(6,33-38(2,3)4)16-11-19(24,25)26/h9H,1,10-18H2,2-8H3. The lowest BCUT2D eigenvalue weighted by molar-refractivity contribution is -0.132. The number of hydrogen-bond acceptors (Lipinski definition) is 4. The Labute approximate surface area is 259 Å². The molecule has 0 aromatic carbocycles. The van der Waals surface area contributed by atoms with Gasteiger partial charge in [-0.2, -0.15) is 39.5 Å². The van der Waals surface area contributed by atoms with E-state index < -0.39 is 106 Å². The van der Waals surface area contributed by atoms with Crippen molar-refractivity contribution in [2.45, 2.75) is 120 Å². The average molecular weight is 769 g/mol. The van der Waals surface area contributed by atoms with Crippen molar-refractivity contribution in [3.63, 3.8) is 0 Å². The summed E-state index contributed by atoms with van der Waals surface area (Å²) in [6, 6.07) is -1.18. The van der Waals surface area contributed by atoms with Crippen LogP contribution in [0.4, 0.5) is 39.5 Å². The highest BCUT2D eigenvalue weighted by molar-refractivity contribution is 7.33. The van der Waals surface area contributed by atoms with Gasteiger partial charge in [0.05, 0.1) is 0 Å². The monoisotopic (exact) mass is 767 g/mol. The van der Waals surface area contributed by atoms with Crippen molar-refractivity contribution in [1.29, 1.82) is 0 Å². The third-order valence-corrected chi connectivity index (χ3v) is 28.1. The molecule has 0 rings (SSSR count). The first-order valence-electron chi connectivity index (χ1n) is 13.2. The quantitative estimate of drug-likeness (QED) is 0.0745. The summed E-state index contributed by atoms with van der Waals surface area (Å²) in [5, 5.41) is 0. The van der Waals surface area contributed by atoms with E-state index in [4.69, 9.17) is 38.6 Å². The van der Waals surface area contributed by atoms with Crippen molar-refractivity contribution in [1.82, 2.24) is 0 Å². The zero-order valence-electron chi connectivity index (χ0n) is 24.9. The Morgan fingerprint density at radius 2 is 0.929 bits per heavy atom. The molecule has 0 aliphatic carbocycles. The molecule has 0 amide bonds. The molecular weight excluding hydrogens is 727 g/mol. The minimum Gasteiger partial charge on any atom is -0.437 e. The first-order valence-corrected chi connectivity index (χ1v) is 30.6. The molecule has 4 nitrogen and oxygen atoms in total. The third kappa shape index (κ3) is 20.8. The van der Waals surface area contributed by atoms with Crippen LogP contribution in [0.1, 0.15) is 25.7 Å². The highest BCUT2D eigenvalue weighted by Crippen LogP contribution is 2.39. The van der Waals surface area contributed by atoms with Gasteiger partial charge in [0.15, 0.2) is 8.32 Å². The van der Waals surface area contributed by atoms with Crippen LogP contribution in [0.3, 0.4) is 0 Å². The summed E-state index contributed by atoms with van der Waals surface area (Å²) < 4.78 is 145. The molecule has 0 bridgehead atoms. The van der Waals surface area contributed by atoms with Crippen LogP contribution >= 0.6 is 22.2 Å². The lowest BCUT2D eigenvalue weighted by Gasteiger charge is -2.45. The van der Waals surface area contributed by atoms with Gasteiger partial charge in [-0.25, -0.2) is 0 Å². The Balaban J connectivity index is 6.67. The molecule has 251 valence electrons. The van der Waals surface area contributed by atoms with E-state index in [0.717, 1.165) is 0 Å². The minimum atomic E-state index is -4.68. The van der Waals surface area contributed by atoms with Crippen molar-refractivity contribution in [3.05, 3.63) is 12.3 Å². The molecule has 0 aliphatic heterocycles. The fraction of sp³-hybridized carbons (Fsp3) is 0.905.